The Morgan fingerprint density at radius 3 is 2.02 bits per heavy atom. The third-order valence-corrected chi connectivity index (χ3v) is 11.5. The van der Waals surface area contributed by atoms with Crippen LogP contribution in [0, 0.1) is 23.7 Å². The number of hydrogen-bond acceptors (Lipinski definition) is 1. The van der Waals surface area contributed by atoms with Crippen LogP contribution >= 0.6 is 0 Å². The summed E-state index contributed by atoms with van der Waals surface area (Å²) < 4.78 is 6.60. The predicted molar refractivity (Wildman–Crippen MR) is 168 cm³/mol. The Morgan fingerprint density at radius 2 is 1.20 bits per heavy atom. The minimum absolute atomic E-state index is 0.219. The molecule has 4 bridgehead atoms. The third-order valence-electron chi connectivity index (χ3n) is 11.5. The van der Waals surface area contributed by atoms with Gasteiger partial charge < -0.3 is 4.42 Å². The van der Waals surface area contributed by atoms with E-state index in [2.05, 4.69) is 109 Å². The van der Waals surface area contributed by atoms with Gasteiger partial charge in [0.1, 0.15) is 11.2 Å². The van der Waals surface area contributed by atoms with Gasteiger partial charge in [-0.2, -0.15) is 0 Å². The van der Waals surface area contributed by atoms with E-state index in [1.54, 1.807) is 11.1 Å². The second kappa shape index (κ2) is 8.01. The third kappa shape index (κ3) is 2.87. The first-order valence-electron chi connectivity index (χ1n) is 15.5. The fourth-order valence-electron chi connectivity index (χ4n) is 10.3. The Kier molecular flexibility index (Phi) is 4.41. The summed E-state index contributed by atoms with van der Waals surface area (Å²) in [5.74, 6) is 3.52. The van der Waals surface area contributed by atoms with Gasteiger partial charge in [-0.1, -0.05) is 97.1 Å². The Balaban J connectivity index is 1.19. The van der Waals surface area contributed by atoms with Crippen molar-refractivity contribution in [2.75, 3.05) is 0 Å². The summed E-state index contributed by atoms with van der Waals surface area (Å²) in [7, 11) is 0. The van der Waals surface area contributed by atoms with Crippen molar-refractivity contribution in [1.82, 2.24) is 0 Å². The highest BCUT2D eigenvalue weighted by molar-refractivity contribution is 6.15. The summed E-state index contributed by atoms with van der Waals surface area (Å²) in [6.07, 6.45) is 7.18. The predicted octanol–water partition coefficient (Wildman–Crippen LogP) is 10.6. The molecule has 0 amide bonds. The van der Waals surface area contributed by atoms with Crippen LogP contribution in [0.2, 0.25) is 0 Å². The molecule has 0 atom stereocenters. The number of furan rings is 1. The van der Waals surface area contributed by atoms with Gasteiger partial charge in [0.2, 0.25) is 0 Å². The second-order valence-corrected chi connectivity index (χ2v) is 13.3. The van der Waals surface area contributed by atoms with Crippen molar-refractivity contribution in [3.05, 3.63) is 120 Å². The van der Waals surface area contributed by atoms with Crippen LogP contribution in [-0.4, -0.2) is 0 Å². The molecule has 1 heteroatoms. The van der Waals surface area contributed by atoms with Crippen LogP contribution in [0.15, 0.2) is 114 Å². The van der Waals surface area contributed by atoms with Crippen molar-refractivity contribution < 1.29 is 4.42 Å². The highest BCUT2D eigenvalue weighted by atomic mass is 16.3. The van der Waals surface area contributed by atoms with Gasteiger partial charge in [0, 0.05) is 21.8 Å². The first-order valence-corrected chi connectivity index (χ1v) is 15.5. The van der Waals surface area contributed by atoms with Gasteiger partial charge in [-0.3, -0.25) is 0 Å². The first kappa shape index (κ1) is 22.6. The topological polar surface area (TPSA) is 13.1 Å². The van der Waals surface area contributed by atoms with E-state index < -0.39 is 0 Å². The number of hydrogen-bond donors (Lipinski definition) is 0. The van der Waals surface area contributed by atoms with Crippen LogP contribution in [0.5, 0.6) is 0 Å². The largest absolute Gasteiger partial charge is 0.455 e. The Labute approximate surface area is 240 Å². The highest BCUT2D eigenvalue weighted by Gasteiger charge is 2.61. The van der Waals surface area contributed by atoms with Crippen molar-refractivity contribution >= 4 is 21.9 Å². The minimum Gasteiger partial charge on any atom is -0.455 e. The molecule has 1 nitrogen and oxygen atoms in total. The van der Waals surface area contributed by atoms with Gasteiger partial charge >= 0.3 is 0 Å². The van der Waals surface area contributed by atoms with E-state index in [1.165, 1.54) is 70.7 Å². The zero-order valence-electron chi connectivity index (χ0n) is 23.1. The molecular formula is C40H32O. The van der Waals surface area contributed by atoms with Crippen molar-refractivity contribution in [2.45, 2.75) is 37.5 Å². The highest BCUT2D eigenvalue weighted by Crippen LogP contribution is 2.69. The average Bonchev–Trinajstić information content (AvgIpc) is 3.54. The Morgan fingerprint density at radius 1 is 0.512 bits per heavy atom. The van der Waals surface area contributed by atoms with Crippen LogP contribution in [0.25, 0.3) is 55.3 Å². The molecule has 5 aliphatic carbocycles. The van der Waals surface area contributed by atoms with Crippen LogP contribution in [-0.2, 0) is 5.41 Å². The molecule has 0 aliphatic heterocycles. The lowest BCUT2D eigenvalue weighted by Gasteiger charge is -2.61. The maximum absolute atomic E-state index is 6.60. The lowest BCUT2D eigenvalue weighted by atomic mass is 9.43. The molecule has 4 saturated carbocycles. The summed E-state index contributed by atoms with van der Waals surface area (Å²) in [6, 6.07) is 40.6. The van der Waals surface area contributed by atoms with E-state index in [-0.39, 0.29) is 5.41 Å². The van der Waals surface area contributed by atoms with E-state index >= 15 is 0 Å². The monoisotopic (exact) mass is 528 g/mol. The fourth-order valence-corrected chi connectivity index (χ4v) is 10.3. The smallest absolute Gasteiger partial charge is 0.143 e. The molecule has 0 radical (unpaired) electrons. The van der Waals surface area contributed by atoms with Gasteiger partial charge in [0.25, 0.3) is 0 Å². The Bertz CT molecular complexity index is 1980. The summed E-state index contributed by atoms with van der Waals surface area (Å²) in [4.78, 5) is 0. The molecule has 0 saturated heterocycles. The maximum Gasteiger partial charge on any atom is 0.143 e. The van der Waals surface area contributed by atoms with E-state index in [9.17, 15) is 0 Å². The van der Waals surface area contributed by atoms with Crippen molar-refractivity contribution in [2.24, 2.45) is 23.7 Å². The molecule has 41 heavy (non-hydrogen) atoms. The van der Waals surface area contributed by atoms with Gasteiger partial charge in [0.05, 0.1) is 0 Å². The number of benzene rings is 5. The van der Waals surface area contributed by atoms with Gasteiger partial charge in [0.15, 0.2) is 0 Å². The van der Waals surface area contributed by atoms with Crippen molar-refractivity contribution in [3.8, 4) is 33.4 Å². The standard InChI is InChI=1S/C40H32O/c1-2-8-26(9-3-1)31-12-6-13-33-38-30(11-7-15-37(38)41-39(31)33)27-16-17-36-34(23-27)32-10-4-5-14-35(32)40(36)28-19-24-18-25(21-28)22-29(40)20-24/h1-17,23-25,28-29H,18-22H2. The number of fused-ring (bicyclic) bond motifs is 6. The molecule has 1 spiro atoms. The SMILES string of the molecule is c1ccc(-c2cccc3c2oc2cccc(-c4ccc5c(c4)-c4ccccc4C54C5CC6CC(C5)CC4C6)c23)cc1. The molecule has 1 heterocycles. The normalized spacial score (nSPS) is 27.1. The zero-order valence-corrected chi connectivity index (χ0v) is 23.1. The molecule has 4 fully saturated rings. The minimum atomic E-state index is 0.219. The molecule has 11 rings (SSSR count). The number of rotatable bonds is 2. The molecule has 5 aliphatic rings. The second-order valence-electron chi connectivity index (χ2n) is 13.3. The van der Waals surface area contributed by atoms with E-state index in [4.69, 9.17) is 4.42 Å². The molecule has 0 unspecified atom stereocenters. The van der Waals surface area contributed by atoms with Crippen molar-refractivity contribution in [3.63, 3.8) is 0 Å². The molecule has 1 aromatic heterocycles. The summed E-state index contributed by atoms with van der Waals surface area (Å²) >= 11 is 0. The van der Waals surface area contributed by atoms with E-state index in [0.29, 0.717) is 0 Å². The summed E-state index contributed by atoms with van der Waals surface area (Å²) in [6.45, 7) is 0. The maximum atomic E-state index is 6.60. The average molecular weight is 529 g/mol. The molecular weight excluding hydrogens is 496 g/mol. The van der Waals surface area contributed by atoms with E-state index in [1.807, 2.05) is 0 Å². The molecule has 5 aromatic carbocycles. The summed E-state index contributed by atoms with van der Waals surface area (Å²) in [5, 5.41) is 2.41. The van der Waals surface area contributed by atoms with Gasteiger partial charge in [-0.25, -0.2) is 0 Å². The van der Waals surface area contributed by atoms with Crippen LogP contribution in [0.1, 0.15) is 43.2 Å². The number of para-hydroxylation sites is 1. The van der Waals surface area contributed by atoms with Gasteiger partial charge in [-0.05, 0) is 107 Å². The first-order chi connectivity index (χ1) is 20.3. The van der Waals surface area contributed by atoms with Crippen molar-refractivity contribution in [1.29, 1.82) is 0 Å². The van der Waals surface area contributed by atoms with Crippen LogP contribution < -0.4 is 0 Å². The van der Waals surface area contributed by atoms with Gasteiger partial charge in [-0.15, -0.1) is 0 Å². The van der Waals surface area contributed by atoms with E-state index in [0.717, 1.165) is 40.4 Å². The quantitative estimate of drug-likeness (QED) is 0.218. The fraction of sp³-hybridized carbons (Fsp3) is 0.250. The summed E-state index contributed by atoms with van der Waals surface area (Å²) in [5.41, 5.74) is 13.2. The lowest BCUT2D eigenvalue weighted by Crippen LogP contribution is -2.55. The molecule has 0 N–H and O–H groups in total. The van der Waals surface area contributed by atoms with Crippen LogP contribution in [0.3, 0.4) is 0 Å². The Hall–Kier alpha value is -4.10. The lowest BCUT2D eigenvalue weighted by molar-refractivity contribution is -0.0399. The molecule has 198 valence electrons. The molecule has 6 aromatic rings. The van der Waals surface area contributed by atoms with Crippen LogP contribution in [0.4, 0.5) is 0 Å². The zero-order chi connectivity index (χ0) is 26.7.